The summed E-state index contributed by atoms with van der Waals surface area (Å²) >= 11 is 0. The maximum Gasteiger partial charge on any atom is 0.312 e. The maximum absolute atomic E-state index is 13.0. The van der Waals surface area contributed by atoms with Crippen molar-refractivity contribution in [3.63, 3.8) is 0 Å². The van der Waals surface area contributed by atoms with Crippen LogP contribution in [0.25, 0.3) is 6.08 Å². The van der Waals surface area contributed by atoms with Crippen molar-refractivity contribution in [3.8, 4) is 17.2 Å². The Kier molecular flexibility index (Phi) is 7.21. The third-order valence-corrected chi connectivity index (χ3v) is 6.65. The third-order valence-electron chi connectivity index (χ3n) is 6.65. The van der Waals surface area contributed by atoms with Gasteiger partial charge in [0.25, 0.3) is 0 Å². The van der Waals surface area contributed by atoms with Gasteiger partial charge in [-0.2, -0.15) is 0 Å². The van der Waals surface area contributed by atoms with Gasteiger partial charge in [-0.15, -0.1) is 0 Å². The molecule has 6 heteroatoms. The van der Waals surface area contributed by atoms with E-state index in [1.54, 1.807) is 30.3 Å². The summed E-state index contributed by atoms with van der Waals surface area (Å²) in [5.74, 6) is 1.55. The van der Waals surface area contributed by atoms with E-state index in [4.69, 9.17) is 18.6 Å². The van der Waals surface area contributed by atoms with Crippen LogP contribution in [0, 0.1) is 0 Å². The van der Waals surface area contributed by atoms with Crippen LogP contribution in [-0.2, 0) is 4.79 Å². The van der Waals surface area contributed by atoms with E-state index >= 15 is 0 Å². The van der Waals surface area contributed by atoms with E-state index in [9.17, 15) is 9.59 Å². The number of benzene rings is 2. The average molecular weight is 487 g/mol. The molecule has 0 spiro atoms. The van der Waals surface area contributed by atoms with Gasteiger partial charge in [0.1, 0.15) is 23.0 Å². The normalized spacial score (nSPS) is 17.5. The van der Waals surface area contributed by atoms with Gasteiger partial charge in [-0.25, -0.2) is 0 Å². The first kappa shape index (κ1) is 23.9. The van der Waals surface area contributed by atoms with Crippen LogP contribution in [-0.4, -0.2) is 18.4 Å². The Morgan fingerprint density at radius 2 is 1.75 bits per heavy atom. The van der Waals surface area contributed by atoms with Crippen molar-refractivity contribution >= 4 is 17.8 Å². The minimum absolute atomic E-state index is 0.163. The van der Waals surface area contributed by atoms with Crippen molar-refractivity contribution in [2.75, 3.05) is 6.61 Å². The number of hydrogen-bond donors (Lipinski definition) is 0. The zero-order chi connectivity index (χ0) is 24.9. The molecule has 0 fully saturated rings. The summed E-state index contributed by atoms with van der Waals surface area (Å²) in [5, 5.41) is 0. The molecule has 3 heterocycles. The highest BCUT2D eigenvalue weighted by Gasteiger charge is 2.38. The number of Topliss-reactive ketones (excluding diaryl/α,β-unsaturated/α-hetero) is 1. The molecule has 0 radical (unpaired) electrons. The van der Waals surface area contributed by atoms with Gasteiger partial charge in [-0.3, -0.25) is 9.59 Å². The Hall–Kier alpha value is -3.80. The number of rotatable bonds is 10. The molecule has 36 heavy (non-hydrogen) atoms. The number of hydrogen-bond acceptors (Lipinski definition) is 6. The molecule has 1 aromatic heterocycles. The predicted octanol–water partition coefficient (Wildman–Crippen LogP) is 7.08. The van der Waals surface area contributed by atoms with E-state index in [-0.39, 0.29) is 29.9 Å². The first-order valence-corrected chi connectivity index (χ1v) is 12.7. The van der Waals surface area contributed by atoms with Crippen molar-refractivity contribution in [3.05, 3.63) is 83.0 Å². The molecule has 0 bridgehead atoms. The van der Waals surface area contributed by atoms with Crippen molar-refractivity contribution in [1.82, 2.24) is 0 Å². The number of furan rings is 1. The molecule has 186 valence electrons. The Morgan fingerprint density at radius 1 is 0.944 bits per heavy atom. The first-order valence-electron chi connectivity index (χ1n) is 12.7. The quantitative estimate of drug-likeness (QED) is 0.132. The lowest BCUT2D eigenvalue weighted by molar-refractivity contribution is -0.135. The summed E-state index contributed by atoms with van der Waals surface area (Å²) in [6.45, 7) is 2.91. The Bertz CT molecular complexity index is 1250. The number of unbranched alkanes of at least 4 members (excludes halogenated alkanes) is 5. The predicted molar refractivity (Wildman–Crippen MR) is 135 cm³/mol. The molecule has 1 unspecified atom stereocenters. The second kappa shape index (κ2) is 10.9. The molecular weight excluding hydrogens is 456 g/mol. The molecule has 2 aliphatic heterocycles. The van der Waals surface area contributed by atoms with E-state index in [0.717, 1.165) is 17.7 Å². The highest BCUT2D eigenvalue weighted by atomic mass is 16.5. The molecule has 3 aromatic rings. The fourth-order valence-corrected chi connectivity index (χ4v) is 4.76. The van der Waals surface area contributed by atoms with Crippen LogP contribution in [0.3, 0.4) is 0 Å². The second-order valence-electron chi connectivity index (χ2n) is 9.23. The molecule has 0 saturated carbocycles. The van der Waals surface area contributed by atoms with Crippen molar-refractivity contribution in [1.29, 1.82) is 0 Å². The summed E-state index contributed by atoms with van der Waals surface area (Å²) in [5.41, 5.74) is 2.10. The Morgan fingerprint density at radius 3 is 2.53 bits per heavy atom. The van der Waals surface area contributed by atoms with Crippen molar-refractivity contribution in [2.24, 2.45) is 0 Å². The SMILES string of the molecule is CCCCCCCCOc1ccc(C2CC(=O)Oc3ccc4c(c32)O/C(=C\c2ccco2)C4=O)cc1. The van der Waals surface area contributed by atoms with E-state index < -0.39 is 0 Å². The third kappa shape index (κ3) is 5.08. The minimum atomic E-state index is -0.313. The molecule has 6 nitrogen and oxygen atoms in total. The van der Waals surface area contributed by atoms with Gasteiger partial charge >= 0.3 is 5.97 Å². The number of carbonyl (C=O) groups is 2. The summed E-state index contributed by atoms with van der Waals surface area (Å²) in [6, 6.07) is 14.6. The fourth-order valence-electron chi connectivity index (χ4n) is 4.76. The highest BCUT2D eigenvalue weighted by Crippen LogP contribution is 2.49. The van der Waals surface area contributed by atoms with Gasteiger partial charge in [0.05, 0.1) is 24.9 Å². The van der Waals surface area contributed by atoms with Gasteiger partial charge in [0.2, 0.25) is 5.78 Å². The minimum Gasteiger partial charge on any atom is -0.494 e. The topological polar surface area (TPSA) is 75.0 Å². The van der Waals surface area contributed by atoms with Crippen LogP contribution in [0.5, 0.6) is 17.2 Å². The molecular formula is C30H30O6. The van der Waals surface area contributed by atoms with E-state index in [1.165, 1.54) is 38.4 Å². The molecule has 0 N–H and O–H groups in total. The Balaban J connectivity index is 1.33. The number of fused-ring (bicyclic) bond motifs is 3. The number of ether oxygens (including phenoxy) is 3. The monoisotopic (exact) mass is 486 g/mol. The summed E-state index contributed by atoms with van der Waals surface area (Å²) in [6.07, 6.45) is 10.6. The van der Waals surface area contributed by atoms with Crippen LogP contribution in [0.15, 0.2) is 65.0 Å². The molecule has 0 saturated heterocycles. The van der Waals surface area contributed by atoms with Crippen molar-refractivity contribution in [2.45, 2.75) is 57.8 Å². The summed E-state index contributed by atoms with van der Waals surface area (Å²) in [4.78, 5) is 25.4. The fraction of sp³-hybridized carbons (Fsp3) is 0.333. The van der Waals surface area contributed by atoms with Gasteiger partial charge < -0.3 is 18.6 Å². The van der Waals surface area contributed by atoms with Crippen molar-refractivity contribution < 1.29 is 28.2 Å². The van der Waals surface area contributed by atoms with E-state index in [2.05, 4.69) is 6.92 Å². The standard InChI is InChI=1S/C30H30O6/c1-2-3-4-5-6-7-16-33-21-12-10-20(11-13-21)24-19-27(31)35-25-15-14-23-29(32)26(36-30(23)28(24)25)18-22-9-8-17-34-22/h8-15,17-18,24H,2-7,16,19H2,1H3/b26-18-. The summed E-state index contributed by atoms with van der Waals surface area (Å²) < 4.78 is 22.8. The zero-order valence-electron chi connectivity index (χ0n) is 20.5. The smallest absolute Gasteiger partial charge is 0.312 e. The maximum atomic E-state index is 13.0. The first-order chi connectivity index (χ1) is 17.6. The summed E-state index contributed by atoms with van der Waals surface area (Å²) in [7, 11) is 0. The largest absolute Gasteiger partial charge is 0.494 e. The van der Waals surface area contributed by atoms with Crippen LogP contribution >= 0.6 is 0 Å². The number of esters is 1. The van der Waals surface area contributed by atoms with Gasteiger partial charge in [0, 0.05) is 17.6 Å². The number of carbonyl (C=O) groups excluding carboxylic acids is 2. The lowest BCUT2D eigenvalue weighted by Crippen LogP contribution is -2.21. The molecule has 1 atom stereocenters. The van der Waals surface area contributed by atoms with E-state index in [1.807, 2.05) is 24.3 Å². The molecule has 2 aliphatic rings. The molecule has 0 aliphatic carbocycles. The van der Waals surface area contributed by atoms with Crippen LogP contribution in [0.2, 0.25) is 0 Å². The van der Waals surface area contributed by atoms with Crippen LogP contribution in [0.4, 0.5) is 0 Å². The van der Waals surface area contributed by atoms with Crippen LogP contribution < -0.4 is 14.2 Å². The van der Waals surface area contributed by atoms with Gasteiger partial charge in [-0.1, -0.05) is 51.2 Å². The zero-order valence-corrected chi connectivity index (χ0v) is 20.5. The highest BCUT2D eigenvalue weighted by molar-refractivity contribution is 6.15. The number of ketones is 1. The second-order valence-corrected chi connectivity index (χ2v) is 9.23. The van der Waals surface area contributed by atoms with Gasteiger partial charge in [-0.05, 0) is 48.4 Å². The lowest BCUT2D eigenvalue weighted by atomic mass is 9.84. The Labute approximate surface area is 210 Å². The molecule has 2 aromatic carbocycles. The van der Waals surface area contributed by atoms with E-state index in [0.29, 0.717) is 35.0 Å². The average Bonchev–Trinajstić information content (AvgIpc) is 3.51. The van der Waals surface area contributed by atoms with Crippen LogP contribution in [0.1, 0.15) is 85.0 Å². The molecule has 5 rings (SSSR count). The molecule has 0 amide bonds. The van der Waals surface area contributed by atoms with Gasteiger partial charge in [0.15, 0.2) is 5.76 Å². The number of allylic oxidation sites excluding steroid dienone is 1. The lowest BCUT2D eigenvalue weighted by Gasteiger charge is -2.26.